The first-order valence-electron chi connectivity index (χ1n) is 11.1. The van der Waals surface area contributed by atoms with Crippen LogP contribution in [0.1, 0.15) is 28.9 Å². The van der Waals surface area contributed by atoms with Crippen molar-refractivity contribution in [2.45, 2.75) is 24.3 Å². The average Bonchev–Trinajstić information content (AvgIpc) is 3.52. The van der Waals surface area contributed by atoms with Crippen molar-refractivity contribution in [1.29, 1.82) is 0 Å². The van der Waals surface area contributed by atoms with Gasteiger partial charge in [0.25, 0.3) is 5.91 Å². The van der Waals surface area contributed by atoms with Gasteiger partial charge >= 0.3 is 0 Å². The molecule has 168 valence electrons. The molecule has 32 heavy (non-hydrogen) atoms. The van der Waals surface area contributed by atoms with Crippen molar-refractivity contribution in [2.24, 2.45) is 0 Å². The maximum absolute atomic E-state index is 13.1. The third-order valence-corrected chi connectivity index (χ3v) is 8.24. The molecule has 3 aromatic rings. The number of rotatable bonds is 5. The summed E-state index contributed by atoms with van der Waals surface area (Å²) in [6, 6.07) is 11.6. The number of amides is 1. The highest BCUT2D eigenvalue weighted by Crippen LogP contribution is 2.22. The zero-order chi connectivity index (χ0) is 22.1. The molecule has 0 aliphatic carbocycles. The van der Waals surface area contributed by atoms with Gasteiger partial charge in [-0.05, 0) is 30.5 Å². The molecule has 2 saturated heterocycles. The van der Waals surface area contributed by atoms with Gasteiger partial charge in [0.05, 0.1) is 5.52 Å². The molecule has 2 aliphatic rings. The Morgan fingerprint density at radius 2 is 1.75 bits per heavy atom. The standard InChI is InChI=1S/C23H27N5O3S/c29-23(27-9-1-2-10-27)21-15-20(16-25-21)32(30,31)28-13-11-26(12-14-28)17-19-6-3-5-18-7-4-8-24-22(18)19/h3-8,15-16,25H,1-2,9-14,17H2. The van der Waals surface area contributed by atoms with Crippen molar-refractivity contribution in [3.63, 3.8) is 0 Å². The van der Waals surface area contributed by atoms with Crippen molar-refractivity contribution in [3.8, 4) is 0 Å². The van der Waals surface area contributed by atoms with E-state index in [0.717, 1.165) is 48.9 Å². The molecule has 9 heteroatoms. The van der Waals surface area contributed by atoms with Crippen LogP contribution in [-0.4, -0.2) is 77.7 Å². The maximum atomic E-state index is 13.1. The summed E-state index contributed by atoms with van der Waals surface area (Å²) in [4.78, 5) is 24.1. The predicted octanol–water partition coefficient (Wildman–Crippen LogP) is 2.31. The topological polar surface area (TPSA) is 89.6 Å². The number of para-hydroxylation sites is 1. The smallest absolute Gasteiger partial charge is 0.270 e. The van der Waals surface area contributed by atoms with Crippen LogP contribution in [0.2, 0.25) is 0 Å². The van der Waals surface area contributed by atoms with Gasteiger partial charge in [0.15, 0.2) is 0 Å². The number of pyridine rings is 1. The van der Waals surface area contributed by atoms with E-state index >= 15 is 0 Å². The fourth-order valence-electron chi connectivity index (χ4n) is 4.55. The van der Waals surface area contributed by atoms with E-state index in [1.54, 1.807) is 11.1 Å². The minimum atomic E-state index is -3.64. The molecule has 5 rings (SSSR count). The Morgan fingerprint density at radius 1 is 1.00 bits per heavy atom. The number of nitrogens with one attached hydrogen (secondary N) is 1. The summed E-state index contributed by atoms with van der Waals surface area (Å²) in [5, 5.41) is 1.11. The van der Waals surface area contributed by atoms with E-state index in [9.17, 15) is 13.2 Å². The number of benzene rings is 1. The molecule has 0 radical (unpaired) electrons. The lowest BCUT2D eigenvalue weighted by Gasteiger charge is -2.33. The van der Waals surface area contributed by atoms with Crippen molar-refractivity contribution in [1.82, 2.24) is 24.1 Å². The molecular weight excluding hydrogens is 426 g/mol. The summed E-state index contributed by atoms with van der Waals surface area (Å²) in [7, 11) is -3.64. The van der Waals surface area contributed by atoms with Crippen molar-refractivity contribution in [3.05, 3.63) is 60.0 Å². The van der Waals surface area contributed by atoms with E-state index in [4.69, 9.17) is 0 Å². The lowest BCUT2D eigenvalue weighted by Crippen LogP contribution is -2.48. The minimum absolute atomic E-state index is 0.127. The fraction of sp³-hybridized carbons (Fsp3) is 0.391. The van der Waals surface area contributed by atoms with Crippen molar-refractivity contribution < 1.29 is 13.2 Å². The zero-order valence-electron chi connectivity index (χ0n) is 17.9. The summed E-state index contributed by atoms with van der Waals surface area (Å²) < 4.78 is 27.8. The van der Waals surface area contributed by atoms with Gasteiger partial charge in [-0.1, -0.05) is 24.3 Å². The van der Waals surface area contributed by atoms with Gasteiger partial charge in [-0.15, -0.1) is 0 Å². The first-order valence-corrected chi connectivity index (χ1v) is 12.5. The van der Waals surface area contributed by atoms with Crippen LogP contribution in [0.25, 0.3) is 10.9 Å². The molecule has 1 N–H and O–H groups in total. The minimum Gasteiger partial charge on any atom is -0.356 e. The Bertz CT molecular complexity index is 1220. The number of piperazine rings is 1. The Labute approximate surface area is 187 Å². The van der Waals surface area contributed by atoms with E-state index in [2.05, 4.69) is 33.1 Å². The van der Waals surface area contributed by atoms with Gasteiger partial charge in [-0.25, -0.2) is 8.42 Å². The molecule has 8 nitrogen and oxygen atoms in total. The monoisotopic (exact) mass is 453 g/mol. The first-order chi connectivity index (χ1) is 15.5. The molecule has 0 spiro atoms. The maximum Gasteiger partial charge on any atom is 0.270 e. The highest BCUT2D eigenvalue weighted by atomic mass is 32.2. The Hall–Kier alpha value is -2.75. The van der Waals surface area contributed by atoms with Crippen LogP contribution in [0.4, 0.5) is 0 Å². The van der Waals surface area contributed by atoms with Crippen LogP contribution < -0.4 is 0 Å². The first kappa shape index (κ1) is 21.1. The highest BCUT2D eigenvalue weighted by Gasteiger charge is 2.31. The normalized spacial score (nSPS) is 18.4. The molecule has 2 aliphatic heterocycles. The van der Waals surface area contributed by atoms with Crippen molar-refractivity contribution in [2.75, 3.05) is 39.3 Å². The van der Waals surface area contributed by atoms with Gasteiger partial charge in [0.2, 0.25) is 10.0 Å². The number of likely N-dealkylation sites (tertiary alicyclic amines) is 1. The van der Waals surface area contributed by atoms with Crippen LogP contribution in [0.5, 0.6) is 0 Å². The summed E-state index contributed by atoms with van der Waals surface area (Å²) in [5.74, 6) is -0.127. The molecule has 1 aromatic carbocycles. The number of H-pyrrole nitrogens is 1. The molecule has 0 saturated carbocycles. The molecule has 0 bridgehead atoms. The summed E-state index contributed by atoms with van der Waals surface area (Å²) >= 11 is 0. The number of hydrogen-bond acceptors (Lipinski definition) is 5. The van der Waals surface area contributed by atoms with E-state index in [0.29, 0.717) is 31.9 Å². The molecule has 0 atom stereocenters. The molecule has 2 fully saturated rings. The number of carbonyl (C=O) groups excluding carboxylic acids is 1. The Kier molecular flexibility index (Phi) is 5.71. The number of carbonyl (C=O) groups is 1. The fourth-order valence-corrected chi connectivity index (χ4v) is 5.97. The quantitative estimate of drug-likeness (QED) is 0.640. The summed E-state index contributed by atoms with van der Waals surface area (Å²) in [5.41, 5.74) is 2.48. The van der Waals surface area contributed by atoms with Crippen LogP contribution in [0.3, 0.4) is 0 Å². The van der Waals surface area contributed by atoms with Gasteiger partial charge in [-0.2, -0.15) is 4.31 Å². The second-order valence-corrected chi connectivity index (χ2v) is 10.4. The van der Waals surface area contributed by atoms with Gasteiger partial charge < -0.3 is 9.88 Å². The average molecular weight is 454 g/mol. The van der Waals surface area contributed by atoms with Crippen LogP contribution >= 0.6 is 0 Å². The Balaban J connectivity index is 1.24. The second-order valence-electron chi connectivity index (χ2n) is 8.42. The van der Waals surface area contributed by atoms with Crippen molar-refractivity contribution >= 4 is 26.8 Å². The third kappa shape index (κ3) is 4.03. The third-order valence-electron chi connectivity index (χ3n) is 6.36. The number of aromatic amines is 1. The molecule has 1 amide bonds. The lowest BCUT2D eigenvalue weighted by molar-refractivity contribution is 0.0787. The molecule has 0 unspecified atom stereocenters. The predicted molar refractivity (Wildman–Crippen MR) is 122 cm³/mol. The van der Waals surface area contributed by atoms with Crippen LogP contribution in [0, 0.1) is 0 Å². The van der Waals surface area contributed by atoms with Crippen LogP contribution in [0.15, 0.2) is 53.7 Å². The largest absolute Gasteiger partial charge is 0.356 e. The Morgan fingerprint density at radius 3 is 2.53 bits per heavy atom. The molecule has 4 heterocycles. The number of nitrogens with zero attached hydrogens (tertiary/aromatic N) is 4. The summed E-state index contributed by atoms with van der Waals surface area (Å²) in [6.07, 6.45) is 5.23. The van der Waals surface area contributed by atoms with Gasteiger partial charge in [0.1, 0.15) is 10.6 Å². The van der Waals surface area contributed by atoms with Crippen LogP contribution in [-0.2, 0) is 16.6 Å². The lowest BCUT2D eigenvalue weighted by atomic mass is 10.1. The highest BCUT2D eigenvalue weighted by molar-refractivity contribution is 7.89. The number of aromatic nitrogens is 2. The zero-order valence-corrected chi connectivity index (χ0v) is 18.7. The number of sulfonamides is 1. The SMILES string of the molecule is O=C(c1cc(S(=O)(=O)N2CCN(Cc3cccc4cccnc34)CC2)c[nH]1)N1CCCC1. The van der Waals surface area contributed by atoms with E-state index < -0.39 is 10.0 Å². The number of hydrogen-bond donors (Lipinski definition) is 1. The molecular formula is C23H27N5O3S. The molecule has 2 aromatic heterocycles. The number of fused-ring (bicyclic) bond motifs is 1. The van der Waals surface area contributed by atoms with E-state index in [-0.39, 0.29) is 10.8 Å². The van der Waals surface area contributed by atoms with E-state index in [1.807, 2.05) is 12.1 Å². The summed E-state index contributed by atoms with van der Waals surface area (Å²) in [6.45, 7) is 4.32. The van der Waals surface area contributed by atoms with Gasteiger partial charge in [-0.3, -0.25) is 14.7 Å². The second kappa shape index (κ2) is 8.65. The van der Waals surface area contributed by atoms with Gasteiger partial charge in [0, 0.05) is 63.6 Å². The van der Waals surface area contributed by atoms with E-state index in [1.165, 1.54) is 16.6 Å².